The normalized spacial score (nSPS) is 15.8. The predicted molar refractivity (Wildman–Crippen MR) is 134 cm³/mol. The number of benzene rings is 2. The Morgan fingerprint density at radius 1 is 1.09 bits per heavy atom. The first-order chi connectivity index (χ1) is 16.0. The van der Waals surface area contributed by atoms with Crippen LogP contribution in [0.1, 0.15) is 48.0 Å². The number of ether oxygens (including phenoxy) is 1. The van der Waals surface area contributed by atoms with Gasteiger partial charge in [0.1, 0.15) is 5.75 Å². The van der Waals surface area contributed by atoms with Gasteiger partial charge in [-0.15, -0.1) is 11.3 Å². The van der Waals surface area contributed by atoms with Crippen molar-refractivity contribution in [1.82, 2.24) is 4.90 Å². The van der Waals surface area contributed by atoms with Gasteiger partial charge in [0.05, 0.1) is 11.1 Å². The van der Waals surface area contributed by atoms with Gasteiger partial charge in [-0.3, -0.25) is 9.59 Å². The zero-order valence-corrected chi connectivity index (χ0v) is 20.2. The number of ketones is 1. The van der Waals surface area contributed by atoms with Crippen LogP contribution in [0.15, 0.2) is 47.8 Å². The summed E-state index contributed by atoms with van der Waals surface area (Å²) in [6, 6.07) is 13.3. The summed E-state index contributed by atoms with van der Waals surface area (Å²) in [6.45, 7) is 3.79. The minimum Gasteiger partial charge on any atom is -0.489 e. The topological polar surface area (TPSA) is 72.6 Å². The van der Waals surface area contributed by atoms with Crippen LogP contribution in [-0.4, -0.2) is 42.3 Å². The van der Waals surface area contributed by atoms with E-state index in [4.69, 9.17) is 22.1 Å². The zero-order valence-electron chi connectivity index (χ0n) is 18.6. The third-order valence-corrected chi connectivity index (χ3v) is 7.08. The number of aryl methyl sites for hydroxylation is 1. The first kappa shape index (κ1) is 23.7. The van der Waals surface area contributed by atoms with E-state index in [1.54, 1.807) is 23.5 Å². The summed E-state index contributed by atoms with van der Waals surface area (Å²) in [6.07, 6.45) is 7.84. The van der Waals surface area contributed by atoms with Crippen LogP contribution in [0.3, 0.4) is 0 Å². The molecule has 174 valence electrons. The van der Waals surface area contributed by atoms with Gasteiger partial charge in [-0.05, 0) is 111 Å². The molecule has 2 heterocycles. The molecule has 1 aliphatic heterocycles. The van der Waals surface area contributed by atoms with Gasteiger partial charge >= 0.3 is 0 Å². The molecule has 0 unspecified atom stereocenters. The monoisotopic (exact) mass is 484 g/mol. The molecule has 1 saturated carbocycles. The van der Waals surface area contributed by atoms with E-state index in [1.165, 1.54) is 57.3 Å². The first-order valence-electron chi connectivity index (χ1n) is 11.5. The number of nitrogens with two attached hydrogens (primary N) is 1. The van der Waals surface area contributed by atoms with Crippen molar-refractivity contribution in [2.45, 2.75) is 44.6 Å². The summed E-state index contributed by atoms with van der Waals surface area (Å²) in [7, 11) is 0. The summed E-state index contributed by atoms with van der Waals surface area (Å²) >= 11 is 7.86. The van der Waals surface area contributed by atoms with Crippen molar-refractivity contribution in [2.24, 2.45) is 5.73 Å². The average molecular weight is 485 g/mol. The maximum absolute atomic E-state index is 11.2. The largest absolute Gasteiger partial charge is 0.489 e. The van der Waals surface area contributed by atoms with Crippen LogP contribution in [0.2, 0.25) is 5.02 Å². The van der Waals surface area contributed by atoms with Crippen molar-refractivity contribution < 1.29 is 14.3 Å². The lowest BCUT2D eigenvalue weighted by Crippen LogP contribution is -2.22. The lowest BCUT2D eigenvalue weighted by Gasteiger charge is -2.14. The summed E-state index contributed by atoms with van der Waals surface area (Å²) in [5, 5.41) is 3.66. The number of hydrogen-bond donors (Lipinski definition) is 1. The summed E-state index contributed by atoms with van der Waals surface area (Å²) in [5.74, 6) is -0.704. The Bertz CT molecular complexity index is 1120. The smallest absolute Gasteiger partial charge is 0.289 e. The Balaban J connectivity index is 0.000000165. The quantitative estimate of drug-likeness (QED) is 0.339. The molecule has 0 radical (unpaired) electrons. The highest BCUT2D eigenvalue weighted by atomic mass is 35.5. The van der Waals surface area contributed by atoms with Crippen molar-refractivity contribution in [2.75, 3.05) is 19.6 Å². The molecule has 0 atom stereocenters. The first-order valence-corrected chi connectivity index (χ1v) is 12.7. The number of nitrogens with zero attached hydrogens (tertiary/aromatic N) is 1. The van der Waals surface area contributed by atoms with E-state index < -0.39 is 11.7 Å². The molecule has 1 saturated heterocycles. The molecular weight excluding hydrogens is 456 g/mol. The van der Waals surface area contributed by atoms with Crippen molar-refractivity contribution in [3.05, 3.63) is 64.0 Å². The molecule has 1 aromatic heterocycles. The van der Waals surface area contributed by atoms with Gasteiger partial charge in [0, 0.05) is 10.3 Å². The van der Waals surface area contributed by atoms with Crippen molar-refractivity contribution in [3.63, 3.8) is 0 Å². The van der Waals surface area contributed by atoms with Crippen molar-refractivity contribution in [3.8, 4) is 5.75 Å². The Morgan fingerprint density at radius 2 is 1.88 bits per heavy atom. The molecule has 2 N–H and O–H groups in total. The maximum Gasteiger partial charge on any atom is 0.289 e. The molecule has 3 aromatic rings. The van der Waals surface area contributed by atoms with Crippen LogP contribution in [-0.2, 0) is 11.2 Å². The fraction of sp³-hybridized carbons (Fsp3) is 0.385. The van der Waals surface area contributed by atoms with Crippen LogP contribution in [0.5, 0.6) is 5.75 Å². The Kier molecular flexibility index (Phi) is 8.02. The lowest BCUT2D eigenvalue weighted by molar-refractivity contribution is -0.114. The van der Waals surface area contributed by atoms with E-state index >= 15 is 0 Å². The van der Waals surface area contributed by atoms with E-state index in [-0.39, 0.29) is 0 Å². The summed E-state index contributed by atoms with van der Waals surface area (Å²) in [4.78, 5) is 24.4. The number of thiophene rings is 1. The molecule has 7 heteroatoms. The molecule has 0 spiro atoms. The minimum absolute atomic E-state index is 0.350. The molecule has 0 bridgehead atoms. The molecule has 1 aliphatic carbocycles. The highest BCUT2D eigenvalue weighted by Gasteiger charge is 2.24. The molecule has 33 heavy (non-hydrogen) atoms. The molecule has 1 amide bonds. The van der Waals surface area contributed by atoms with Crippen LogP contribution in [0, 0.1) is 0 Å². The number of Topliss-reactive ketones (excluding diaryl/α,β-unsaturated/α-hetero) is 1. The Morgan fingerprint density at radius 3 is 2.58 bits per heavy atom. The van der Waals surface area contributed by atoms with Gasteiger partial charge in [-0.2, -0.15) is 0 Å². The van der Waals surface area contributed by atoms with Gasteiger partial charge < -0.3 is 15.4 Å². The van der Waals surface area contributed by atoms with Gasteiger partial charge in [0.25, 0.3) is 5.91 Å². The third kappa shape index (κ3) is 6.79. The molecular formula is C26H29ClN2O3S. The fourth-order valence-corrected chi connectivity index (χ4v) is 4.94. The second kappa shape index (κ2) is 11.1. The third-order valence-electron chi connectivity index (χ3n) is 5.89. The Hall–Kier alpha value is -2.41. The number of carbonyl (C=O) groups excluding carboxylic acids is 2. The molecule has 2 aliphatic rings. The van der Waals surface area contributed by atoms with Crippen LogP contribution in [0.4, 0.5) is 0 Å². The number of carbonyl (C=O) groups is 2. The van der Waals surface area contributed by atoms with Gasteiger partial charge in [-0.25, -0.2) is 0 Å². The number of amides is 1. The SMILES string of the molecule is Clc1cc(CCCN2CCCC2)ccc1OC1CC1.NC(=O)C(=O)c1ccc2sccc2c1. The minimum atomic E-state index is -0.917. The lowest BCUT2D eigenvalue weighted by atomic mass is 10.1. The number of primary amides is 1. The maximum atomic E-state index is 11.2. The van der Waals surface area contributed by atoms with E-state index in [9.17, 15) is 9.59 Å². The number of likely N-dealkylation sites (tertiary alicyclic amines) is 1. The zero-order chi connectivity index (χ0) is 23.2. The molecule has 5 rings (SSSR count). The van der Waals surface area contributed by atoms with Crippen LogP contribution < -0.4 is 10.5 Å². The highest BCUT2D eigenvalue weighted by molar-refractivity contribution is 7.17. The predicted octanol–water partition coefficient (Wildman–Crippen LogP) is 5.48. The number of hydrogen-bond acceptors (Lipinski definition) is 5. The Labute approximate surface area is 203 Å². The average Bonchev–Trinajstić information content (AvgIpc) is 3.26. The standard InChI is InChI=1S/C16H22ClNO.C10H7NO2S/c17-15-12-13(4-3-11-18-9-1-2-10-18)5-8-16(15)19-14-6-7-14;11-10(13)9(12)7-1-2-8-6(5-7)3-4-14-8/h5,8,12,14H,1-4,6-7,9-11H2;1-5H,(H2,11,13). The fourth-order valence-electron chi connectivity index (χ4n) is 3.92. The second-order valence-corrected chi connectivity index (χ2v) is 9.96. The van der Waals surface area contributed by atoms with Gasteiger partial charge in [0.2, 0.25) is 5.78 Å². The van der Waals surface area contributed by atoms with Crippen molar-refractivity contribution in [1.29, 1.82) is 0 Å². The van der Waals surface area contributed by atoms with Crippen LogP contribution in [0.25, 0.3) is 10.1 Å². The second-order valence-electron chi connectivity index (χ2n) is 8.60. The van der Waals surface area contributed by atoms with E-state index in [1.807, 2.05) is 23.6 Å². The number of rotatable bonds is 8. The molecule has 5 nitrogen and oxygen atoms in total. The van der Waals surface area contributed by atoms with Gasteiger partial charge in [-0.1, -0.05) is 17.7 Å². The van der Waals surface area contributed by atoms with E-state index in [0.717, 1.165) is 27.3 Å². The number of halogens is 1. The number of fused-ring (bicyclic) bond motifs is 1. The van der Waals surface area contributed by atoms with E-state index in [0.29, 0.717) is 11.7 Å². The van der Waals surface area contributed by atoms with Gasteiger partial charge in [0.15, 0.2) is 0 Å². The van der Waals surface area contributed by atoms with E-state index in [2.05, 4.69) is 17.0 Å². The highest BCUT2D eigenvalue weighted by Crippen LogP contribution is 2.32. The summed E-state index contributed by atoms with van der Waals surface area (Å²) in [5.41, 5.74) is 6.58. The molecule has 2 aromatic carbocycles. The van der Waals surface area contributed by atoms with Crippen molar-refractivity contribution >= 4 is 44.7 Å². The summed E-state index contributed by atoms with van der Waals surface area (Å²) < 4.78 is 6.85. The van der Waals surface area contributed by atoms with Crippen LogP contribution >= 0.6 is 22.9 Å². The molecule has 2 fully saturated rings.